The van der Waals surface area contributed by atoms with Gasteiger partial charge in [-0.1, -0.05) is 12.1 Å². The van der Waals surface area contributed by atoms with E-state index in [4.69, 9.17) is 9.47 Å². The largest absolute Gasteiger partial charge is 0.493 e. The molecule has 1 aliphatic rings. The second kappa shape index (κ2) is 3.66. The van der Waals surface area contributed by atoms with Crippen molar-refractivity contribution in [1.29, 1.82) is 0 Å². The van der Waals surface area contributed by atoms with Crippen LogP contribution >= 0.6 is 0 Å². The molecule has 0 amide bonds. The van der Waals surface area contributed by atoms with Crippen LogP contribution in [-0.2, 0) is 6.54 Å². The molecule has 0 aromatic heterocycles. The molecule has 70 valence electrons. The number of hydrogen-bond donors (Lipinski definition) is 1. The average molecular weight is 179 g/mol. The van der Waals surface area contributed by atoms with E-state index in [0.29, 0.717) is 6.61 Å². The van der Waals surface area contributed by atoms with Gasteiger partial charge >= 0.3 is 0 Å². The highest BCUT2D eigenvalue weighted by Gasteiger charge is 2.12. The van der Waals surface area contributed by atoms with Crippen LogP contribution in [0.4, 0.5) is 0 Å². The van der Waals surface area contributed by atoms with Crippen LogP contribution in [0.15, 0.2) is 18.2 Å². The quantitative estimate of drug-likeness (QED) is 0.702. The van der Waals surface area contributed by atoms with Crippen LogP contribution in [0.3, 0.4) is 0 Å². The van der Waals surface area contributed by atoms with Crippen molar-refractivity contribution < 1.29 is 9.47 Å². The molecule has 0 unspecified atom stereocenters. The zero-order chi connectivity index (χ0) is 9.10. The predicted molar refractivity (Wildman–Crippen MR) is 50.2 cm³/mol. The summed E-state index contributed by atoms with van der Waals surface area (Å²) in [4.78, 5) is 0. The van der Waals surface area contributed by atoms with Gasteiger partial charge in [-0.3, -0.25) is 0 Å². The van der Waals surface area contributed by atoms with E-state index >= 15 is 0 Å². The maximum absolute atomic E-state index is 5.58. The number of nitrogens with one attached hydrogen (secondary N) is 1. The van der Waals surface area contributed by atoms with Gasteiger partial charge in [0.1, 0.15) is 6.61 Å². The van der Waals surface area contributed by atoms with Gasteiger partial charge in [-0.2, -0.15) is 0 Å². The number of methoxy groups -OCH3 is 1. The fourth-order valence-electron chi connectivity index (χ4n) is 1.47. The molecule has 0 atom stereocenters. The third-order valence-corrected chi connectivity index (χ3v) is 2.12. The highest BCUT2D eigenvalue weighted by molar-refractivity contribution is 5.46. The first kappa shape index (κ1) is 8.38. The standard InChI is InChI=1S/C10H13NO2/c1-12-9-4-2-3-8-7-11-5-6-13-10(8)9/h2-4,11H,5-7H2,1H3. The van der Waals surface area contributed by atoms with Gasteiger partial charge in [0.2, 0.25) is 0 Å². The van der Waals surface area contributed by atoms with Crippen molar-refractivity contribution in [3.63, 3.8) is 0 Å². The lowest BCUT2D eigenvalue weighted by molar-refractivity contribution is 0.301. The number of ether oxygens (including phenoxy) is 2. The molecule has 1 N–H and O–H groups in total. The van der Waals surface area contributed by atoms with Crippen LogP contribution in [0.2, 0.25) is 0 Å². The molecule has 0 spiro atoms. The lowest BCUT2D eigenvalue weighted by atomic mass is 10.2. The first-order chi connectivity index (χ1) is 6.42. The Morgan fingerprint density at radius 1 is 1.46 bits per heavy atom. The second-order valence-electron chi connectivity index (χ2n) is 2.97. The number of benzene rings is 1. The highest BCUT2D eigenvalue weighted by atomic mass is 16.5. The molecule has 0 radical (unpaired) electrons. The molecular weight excluding hydrogens is 166 g/mol. The van der Waals surface area contributed by atoms with E-state index in [-0.39, 0.29) is 0 Å². The monoisotopic (exact) mass is 179 g/mol. The fraction of sp³-hybridized carbons (Fsp3) is 0.400. The summed E-state index contributed by atoms with van der Waals surface area (Å²) in [5, 5.41) is 3.27. The second-order valence-corrected chi connectivity index (χ2v) is 2.97. The van der Waals surface area contributed by atoms with E-state index in [1.54, 1.807) is 7.11 Å². The van der Waals surface area contributed by atoms with Gasteiger partial charge in [-0.25, -0.2) is 0 Å². The van der Waals surface area contributed by atoms with E-state index in [0.717, 1.165) is 30.2 Å². The highest BCUT2D eigenvalue weighted by Crippen LogP contribution is 2.31. The molecule has 1 heterocycles. The molecule has 1 aromatic carbocycles. The Morgan fingerprint density at radius 3 is 3.23 bits per heavy atom. The number of rotatable bonds is 1. The predicted octanol–water partition coefficient (Wildman–Crippen LogP) is 1.18. The minimum atomic E-state index is 0.702. The van der Waals surface area contributed by atoms with Crippen molar-refractivity contribution in [3.8, 4) is 11.5 Å². The van der Waals surface area contributed by atoms with Gasteiger partial charge in [0.15, 0.2) is 11.5 Å². The lowest BCUT2D eigenvalue weighted by Crippen LogP contribution is -2.16. The van der Waals surface area contributed by atoms with Crippen molar-refractivity contribution in [2.24, 2.45) is 0 Å². The Kier molecular flexibility index (Phi) is 2.36. The maximum Gasteiger partial charge on any atom is 0.165 e. The molecule has 1 aromatic rings. The summed E-state index contributed by atoms with van der Waals surface area (Å²) >= 11 is 0. The Labute approximate surface area is 77.7 Å². The first-order valence-electron chi connectivity index (χ1n) is 4.41. The molecular formula is C10H13NO2. The van der Waals surface area contributed by atoms with Crippen LogP contribution in [0, 0.1) is 0 Å². The SMILES string of the molecule is COc1cccc2c1OCCNC2. The molecule has 2 rings (SSSR count). The fourth-order valence-corrected chi connectivity index (χ4v) is 1.47. The number of fused-ring (bicyclic) bond motifs is 1. The van der Waals surface area contributed by atoms with Crippen LogP contribution in [0.5, 0.6) is 11.5 Å². The Balaban J connectivity index is 2.40. The molecule has 0 fully saturated rings. The molecule has 0 saturated carbocycles. The van der Waals surface area contributed by atoms with Gasteiger partial charge in [0, 0.05) is 18.7 Å². The summed E-state index contributed by atoms with van der Waals surface area (Å²) in [5.74, 6) is 1.70. The minimum absolute atomic E-state index is 0.702. The third-order valence-electron chi connectivity index (χ3n) is 2.12. The van der Waals surface area contributed by atoms with Gasteiger partial charge < -0.3 is 14.8 Å². The van der Waals surface area contributed by atoms with Crippen LogP contribution in [0.1, 0.15) is 5.56 Å². The first-order valence-corrected chi connectivity index (χ1v) is 4.41. The van der Waals surface area contributed by atoms with Gasteiger partial charge in [0.05, 0.1) is 7.11 Å². The third kappa shape index (κ3) is 1.60. The zero-order valence-electron chi connectivity index (χ0n) is 7.67. The summed E-state index contributed by atoms with van der Waals surface area (Å²) in [6, 6.07) is 5.95. The molecule has 0 aliphatic carbocycles. The van der Waals surface area contributed by atoms with E-state index in [2.05, 4.69) is 11.4 Å². The van der Waals surface area contributed by atoms with Crippen LogP contribution < -0.4 is 14.8 Å². The molecule has 0 saturated heterocycles. The maximum atomic E-state index is 5.58. The number of para-hydroxylation sites is 1. The zero-order valence-corrected chi connectivity index (χ0v) is 7.67. The van der Waals surface area contributed by atoms with E-state index in [1.807, 2.05) is 12.1 Å². The summed E-state index contributed by atoms with van der Waals surface area (Å²) in [5.41, 5.74) is 1.16. The smallest absolute Gasteiger partial charge is 0.165 e. The Hall–Kier alpha value is -1.22. The molecule has 0 bridgehead atoms. The summed E-state index contributed by atoms with van der Waals surface area (Å²) < 4.78 is 10.8. The summed E-state index contributed by atoms with van der Waals surface area (Å²) in [7, 11) is 1.66. The average Bonchev–Trinajstić information content (AvgIpc) is 2.41. The van der Waals surface area contributed by atoms with E-state index < -0.39 is 0 Å². The van der Waals surface area contributed by atoms with Gasteiger partial charge in [0.25, 0.3) is 0 Å². The number of hydrogen-bond acceptors (Lipinski definition) is 3. The van der Waals surface area contributed by atoms with Crippen molar-refractivity contribution in [3.05, 3.63) is 23.8 Å². The molecule has 3 heteroatoms. The molecule has 1 aliphatic heterocycles. The van der Waals surface area contributed by atoms with Crippen molar-refractivity contribution in [2.45, 2.75) is 6.54 Å². The van der Waals surface area contributed by atoms with Gasteiger partial charge in [-0.05, 0) is 6.07 Å². The van der Waals surface area contributed by atoms with Gasteiger partial charge in [-0.15, -0.1) is 0 Å². The van der Waals surface area contributed by atoms with Crippen molar-refractivity contribution >= 4 is 0 Å². The minimum Gasteiger partial charge on any atom is -0.493 e. The van der Waals surface area contributed by atoms with Crippen LogP contribution in [-0.4, -0.2) is 20.3 Å². The van der Waals surface area contributed by atoms with Crippen molar-refractivity contribution in [1.82, 2.24) is 5.32 Å². The van der Waals surface area contributed by atoms with E-state index in [1.165, 1.54) is 0 Å². The van der Waals surface area contributed by atoms with Crippen molar-refractivity contribution in [2.75, 3.05) is 20.3 Å². The Morgan fingerprint density at radius 2 is 2.38 bits per heavy atom. The van der Waals surface area contributed by atoms with E-state index in [9.17, 15) is 0 Å². The Bertz CT molecular complexity index is 299. The molecule has 13 heavy (non-hydrogen) atoms. The van der Waals surface area contributed by atoms with Crippen LogP contribution in [0.25, 0.3) is 0 Å². The topological polar surface area (TPSA) is 30.5 Å². The summed E-state index contributed by atoms with van der Waals surface area (Å²) in [6.07, 6.45) is 0. The summed E-state index contributed by atoms with van der Waals surface area (Å²) in [6.45, 7) is 2.44. The molecule has 3 nitrogen and oxygen atoms in total. The lowest BCUT2D eigenvalue weighted by Gasteiger charge is -2.10. The normalized spacial score (nSPS) is 15.5.